The van der Waals surface area contributed by atoms with Crippen LogP contribution in [0, 0.1) is 12.8 Å². The van der Waals surface area contributed by atoms with Crippen LogP contribution >= 0.6 is 11.3 Å². The van der Waals surface area contributed by atoms with E-state index in [0.29, 0.717) is 30.1 Å². The molecule has 0 amide bonds. The maximum absolute atomic E-state index is 13.0. The molecule has 2 bridgehead atoms. The number of Topliss-reactive ketones (excluding diaryl/α,β-unsaturated/α-hetero) is 1. The van der Waals surface area contributed by atoms with Gasteiger partial charge in [-0.15, -0.1) is 11.3 Å². The minimum Gasteiger partial charge on any atom is -0.483 e. The number of nitrogens with one attached hydrogen (secondary N) is 1. The van der Waals surface area contributed by atoms with E-state index >= 15 is 0 Å². The number of rotatable bonds is 4. The van der Waals surface area contributed by atoms with E-state index in [4.69, 9.17) is 9.90 Å². The second-order valence-electron chi connectivity index (χ2n) is 8.25. The summed E-state index contributed by atoms with van der Waals surface area (Å²) in [6.45, 7) is 1.75. The summed E-state index contributed by atoms with van der Waals surface area (Å²) in [5.41, 5.74) is 3.60. The number of ketones is 1. The number of aryl methyl sites for hydroxylation is 1. The highest BCUT2D eigenvalue weighted by Gasteiger charge is 2.39. The Balaban J connectivity index is 0.000000687. The number of aromatic nitrogens is 3. The smallest absolute Gasteiger partial charge is 0.290 e. The Morgan fingerprint density at radius 1 is 1.33 bits per heavy atom. The normalized spacial score (nSPS) is 23.2. The van der Waals surface area contributed by atoms with Crippen LogP contribution in [0.5, 0.6) is 0 Å². The van der Waals surface area contributed by atoms with Crippen LogP contribution in [0.25, 0.3) is 21.5 Å². The Morgan fingerprint density at radius 3 is 2.67 bits per heavy atom. The summed E-state index contributed by atoms with van der Waals surface area (Å²) in [5.74, 6) is 0.670. The molecular weight excluding hydrogens is 400 g/mol. The third-order valence-corrected chi connectivity index (χ3v) is 7.37. The highest BCUT2D eigenvalue weighted by molar-refractivity contribution is 7.13. The molecule has 2 fully saturated rings. The van der Waals surface area contributed by atoms with Crippen molar-refractivity contribution >= 4 is 34.5 Å². The number of hydrogen-bond donors (Lipinski definition) is 2. The fraction of sp³-hybridized carbons (Fsp3) is 0.455. The van der Waals surface area contributed by atoms with Gasteiger partial charge in [0.2, 0.25) is 0 Å². The van der Waals surface area contributed by atoms with Crippen molar-refractivity contribution in [2.24, 2.45) is 5.92 Å². The highest BCUT2D eigenvalue weighted by atomic mass is 32.1. The van der Waals surface area contributed by atoms with Crippen molar-refractivity contribution in [2.45, 2.75) is 51.1 Å². The molecule has 2 aliphatic rings. The lowest BCUT2D eigenvalue weighted by atomic mass is 9.86. The van der Waals surface area contributed by atoms with Crippen molar-refractivity contribution in [1.29, 1.82) is 0 Å². The zero-order valence-corrected chi connectivity index (χ0v) is 18.0. The lowest BCUT2D eigenvalue weighted by Crippen LogP contribution is -2.40. The summed E-state index contributed by atoms with van der Waals surface area (Å²) in [7, 11) is 2.24. The van der Waals surface area contributed by atoms with Gasteiger partial charge in [-0.3, -0.25) is 14.7 Å². The van der Waals surface area contributed by atoms with E-state index in [0.717, 1.165) is 40.0 Å². The van der Waals surface area contributed by atoms with Crippen LogP contribution < -0.4 is 0 Å². The first-order valence-corrected chi connectivity index (χ1v) is 11.1. The topological polar surface area (TPSA) is 99.2 Å². The SMILES string of the molecule is Cc1csc(-c2ccc3c(C(=O)CC4CC5CCC(C4)N5C)n[nH]c3c2)n1.O=CO. The molecule has 3 aromatic rings. The number of carboxylic acid groups (broad SMARTS) is 1. The van der Waals surface area contributed by atoms with Crippen LogP contribution in [0.4, 0.5) is 0 Å². The number of thiazole rings is 1. The van der Waals surface area contributed by atoms with Crippen molar-refractivity contribution in [3.05, 3.63) is 35.0 Å². The minimum atomic E-state index is -0.250. The molecule has 2 unspecified atom stereocenters. The molecule has 0 spiro atoms. The Labute approximate surface area is 179 Å². The number of fused-ring (bicyclic) bond motifs is 3. The molecule has 0 aliphatic carbocycles. The number of hydrogen-bond acceptors (Lipinski definition) is 6. The average Bonchev–Trinajstić information content (AvgIpc) is 3.38. The van der Waals surface area contributed by atoms with Gasteiger partial charge in [-0.05, 0) is 57.7 Å². The molecule has 0 radical (unpaired) electrons. The third kappa shape index (κ3) is 4.02. The van der Waals surface area contributed by atoms with Gasteiger partial charge in [0.15, 0.2) is 5.78 Å². The number of carbonyl (C=O) groups excluding carboxylic acids is 1. The maximum atomic E-state index is 13.0. The van der Waals surface area contributed by atoms with Gasteiger partial charge in [0.25, 0.3) is 6.47 Å². The molecule has 5 rings (SSSR count). The molecule has 30 heavy (non-hydrogen) atoms. The predicted octanol–water partition coefficient (Wildman–Crippen LogP) is 4.14. The van der Waals surface area contributed by atoms with Crippen LogP contribution in [-0.2, 0) is 4.79 Å². The van der Waals surface area contributed by atoms with E-state index in [-0.39, 0.29) is 12.3 Å². The van der Waals surface area contributed by atoms with Crippen molar-refractivity contribution in [2.75, 3.05) is 7.05 Å². The average molecular weight is 427 g/mol. The van der Waals surface area contributed by atoms with E-state index in [1.165, 1.54) is 12.8 Å². The van der Waals surface area contributed by atoms with Gasteiger partial charge in [-0.25, -0.2) is 4.98 Å². The molecule has 2 aliphatic heterocycles. The summed E-state index contributed by atoms with van der Waals surface area (Å²) in [4.78, 5) is 28.4. The number of carbonyl (C=O) groups is 2. The molecule has 158 valence electrons. The van der Waals surface area contributed by atoms with E-state index in [9.17, 15) is 4.79 Å². The molecular formula is C22H26N4O3S. The first-order valence-electron chi connectivity index (χ1n) is 10.2. The first kappa shape index (κ1) is 20.7. The first-order chi connectivity index (χ1) is 14.5. The number of nitrogens with zero attached hydrogens (tertiary/aromatic N) is 3. The third-order valence-electron chi connectivity index (χ3n) is 6.36. The highest BCUT2D eigenvalue weighted by Crippen LogP contribution is 2.39. The van der Waals surface area contributed by atoms with Crippen LogP contribution in [0.2, 0.25) is 0 Å². The largest absolute Gasteiger partial charge is 0.483 e. The lowest BCUT2D eigenvalue weighted by molar-refractivity contribution is -0.122. The van der Waals surface area contributed by atoms with Gasteiger partial charge in [0, 0.05) is 40.5 Å². The fourth-order valence-electron chi connectivity index (χ4n) is 4.90. The van der Waals surface area contributed by atoms with E-state index in [1.807, 2.05) is 25.1 Å². The van der Waals surface area contributed by atoms with Gasteiger partial charge in [0.05, 0.1) is 5.52 Å². The van der Waals surface area contributed by atoms with Crippen molar-refractivity contribution in [3.8, 4) is 10.6 Å². The van der Waals surface area contributed by atoms with Crippen LogP contribution in [0.1, 0.15) is 48.3 Å². The standard InChI is InChI=1S/C21H24N4OS.CH2O2/c1-12-11-27-21(22-12)14-3-6-17-18(10-14)23-24-20(17)19(26)9-13-7-15-4-5-16(8-13)25(15)2;2-1-3/h3,6,10-11,13,15-16H,4-5,7-9H2,1-2H3,(H,23,24);1H,(H,2,3). The summed E-state index contributed by atoms with van der Waals surface area (Å²) >= 11 is 1.64. The molecule has 4 heterocycles. The summed E-state index contributed by atoms with van der Waals surface area (Å²) in [5, 5.41) is 18.3. The summed E-state index contributed by atoms with van der Waals surface area (Å²) in [6.07, 6.45) is 5.49. The maximum Gasteiger partial charge on any atom is 0.290 e. The van der Waals surface area contributed by atoms with Gasteiger partial charge >= 0.3 is 0 Å². The number of piperidine rings is 1. The molecule has 2 atom stereocenters. The van der Waals surface area contributed by atoms with E-state index in [2.05, 4.69) is 32.5 Å². The second-order valence-corrected chi connectivity index (χ2v) is 9.11. The molecule has 0 saturated carbocycles. The van der Waals surface area contributed by atoms with Crippen molar-refractivity contribution in [3.63, 3.8) is 0 Å². The lowest BCUT2D eigenvalue weighted by Gasteiger charge is -2.36. The quantitative estimate of drug-likeness (QED) is 0.480. The van der Waals surface area contributed by atoms with Gasteiger partial charge in [0.1, 0.15) is 10.7 Å². The minimum absolute atomic E-state index is 0.174. The Hall–Kier alpha value is -2.58. The van der Waals surface area contributed by atoms with Crippen molar-refractivity contribution < 1.29 is 14.7 Å². The molecule has 8 heteroatoms. The Bertz CT molecular complexity index is 1050. The fourth-order valence-corrected chi connectivity index (χ4v) is 5.70. The second kappa shape index (κ2) is 8.65. The molecule has 2 aromatic heterocycles. The van der Waals surface area contributed by atoms with Gasteiger partial charge in [-0.2, -0.15) is 5.10 Å². The zero-order valence-electron chi connectivity index (χ0n) is 17.2. The van der Waals surface area contributed by atoms with Crippen molar-refractivity contribution in [1.82, 2.24) is 20.1 Å². The van der Waals surface area contributed by atoms with Crippen LogP contribution in [0.15, 0.2) is 23.6 Å². The van der Waals surface area contributed by atoms with Crippen LogP contribution in [-0.4, -0.2) is 56.6 Å². The molecule has 7 nitrogen and oxygen atoms in total. The molecule has 1 aromatic carbocycles. The van der Waals surface area contributed by atoms with E-state index < -0.39 is 0 Å². The van der Waals surface area contributed by atoms with Gasteiger partial charge in [-0.1, -0.05) is 6.07 Å². The number of aromatic amines is 1. The van der Waals surface area contributed by atoms with Crippen LogP contribution in [0.3, 0.4) is 0 Å². The predicted molar refractivity (Wildman–Crippen MR) is 117 cm³/mol. The summed E-state index contributed by atoms with van der Waals surface area (Å²) < 4.78 is 0. The van der Waals surface area contributed by atoms with E-state index in [1.54, 1.807) is 11.3 Å². The number of H-pyrrole nitrogens is 1. The molecule has 2 N–H and O–H groups in total. The number of benzene rings is 1. The Morgan fingerprint density at radius 2 is 2.03 bits per heavy atom. The monoisotopic (exact) mass is 426 g/mol. The zero-order chi connectivity index (χ0) is 21.3. The van der Waals surface area contributed by atoms with Gasteiger partial charge < -0.3 is 10.0 Å². The Kier molecular flexibility index (Phi) is 5.97. The molecule has 2 saturated heterocycles. The summed E-state index contributed by atoms with van der Waals surface area (Å²) in [6, 6.07) is 7.44.